The summed E-state index contributed by atoms with van der Waals surface area (Å²) >= 11 is 0. The number of rotatable bonds is 8. The molecule has 1 heterocycles. The Morgan fingerprint density at radius 2 is 1.68 bits per heavy atom. The van der Waals surface area contributed by atoms with E-state index in [2.05, 4.69) is 30.1 Å². The predicted octanol–water partition coefficient (Wildman–Crippen LogP) is 4.61. The van der Waals surface area contributed by atoms with Crippen LogP contribution in [0.3, 0.4) is 0 Å². The third-order valence-corrected chi connectivity index (χ3v) is 4.52. The fourth-order valence-electron chi connectivity index (χ4n) is 2.87. The van der Waals surface area contributed by atoms with Crippen LogP contribution in [0.2, 0.25) is 0 Å². The van der Waals surface area contributed by atoms with Crippen molar-refractivity contribution in [3.8, 4) is 0 Å². The van der Waals surface area contributed by atoms with Gasteiger partial charge in [0.05, 0.1) is 36.2 Å². The van der Waals surface area contributed by atoms with Crippen molar-refractivity contribution >= 4 is 11.9 Å². The first kappa shape index (κ1) is 21.4. The quantitative estimate of drug-likeness (QED) is 0.379. The molecule has 1 aromatic carbocycles. The molecule has 2 aromatic rings. The van der Waals surface area contributed by atoms with E-state index >= 15 is 0 Å². The maximum absolute atomic E-state index is 12.4. The molecule has 0 saturated carbocycles. The Balaban J connectivity index is 1.87. The molecule has 0 spiro atoms. The molecule has 5 nitrogen and oxygen atoms in total. The molecule has 0 atom stereocenters. The van der Waals surface area contributed by atoms with E-state index in [1.54, 1.807) is 13.8 Å². The summed E-state index contributed by atoms with van der Waals surface area (Å²) in [5, 5.41) is 0. The van der Waals surface area contributed by atoms with Crippen molar-refractivity contribution in [1.82, 2.24) is 4.98 Å². The maximum atomic E-state index is 12.4. The molecule has 2 rings (SSSR count). The van der Waals surface area contributed by atoms with Gasteiger partial charge in [-0.25, -0.2) is 9.59 Å². The van der Waals surface area contributed by atoms with Gasteiger partial charge in [0, 0.05) is 0 Å². The predicted molar refractivity (Wildman–Crippen MR) is 108 cm³/mol. The summed E-state index contributed by atoms with van der Waals surface area (Å²) in [7, 11) is 1.30. The lowest BCUT2D eigenvalue weighted by atomic mass is 10.1. The summed E-state index contributed by atoms with van der Waals surface area (Å²) in [6.07, 6.45) is 4.71. The number of carbonyl (C=O) groups is 2. The standard InChI is InChI=1S/C23H27NO4/c1-16(12-13-19-10-6-5-7-11-19)9-8-14-28-23(26)21-15-20(22(25)27-4)17(2)24-18(21)3/h5-7,9-11,15H,8,12-14H2,1-4H3. The van der Waals surface area contributed by atoms with Crippen molar-refractivity contribution < 1.29 is 19.1 Å². The Bertz CT molecular complexity index is 856. The third kappa shape index (κ3) is 6.05. The molecule has 0 bridgehead atoms. The highest BCUT2D eigenvalue weighted by Gasteiger charge is 2.18. The summed E-state index contributed by atoms with van der Waals surface area (Å²) < 4.78 is 10.1. The first-order valence-corrected chi connectivity index (χ1v) is 9.35. The van der Waals surface area contributed by atoms with Crippen molar-refractivity contribution in [1.29, 1.82) is 0 Å². The lowest BCUT2D eigenvalue weighted by molar-refractivity contribution is 0.0510. The van der Waals surface area contributed by atoms with Crippen molar-refractivity contribution in [3.63, 3.8) is 0 Å². The lowest BCUT2D eigenvalue weighted by Gasteiger charge is -2.10. The highest BCUT2D eigenvalue weighted by atomic mass is 16.5. The van der Waals surface area contributed by atoms with Gasteiger partial charge >= 0.3 is 11.9 Å². The number of allylic oxidation sites excluding steroid dienone is 1. The highest BCUT2D eigenvalue weighted by molar-refractivity contribution is 5.96. The van der Waals surface area contributed by atoms with Gasteiger partial charge in [0.1, 0.15) is 0 Å². The molecular formula is C23H27NO4. The Morgan fingerprint density at radius 1 is 1.04 bits per heavy atom. The second kappa shape index (κ2) is 10.4. The summed E-state index contributed by atoms with van der Waals surface area (Å²) in [5.74, 6) is -0.999. The zero-order valence-electron chi connectivity index (χ0n) is 17.0. The summed E-state index contributed by atoms with van der Waals surface area (Å²) in [6, 6.07) is 11.8. The Morgan fingerprint density at radius 3 is 2.32 bits per heavy atom. The van der Waals surface area contributed by atoms with Crippen molar-refractivity contribution in [3.05, 3.63) is 76.1 Å². The summed E-state index contributed by atoms with van der Waals surface area (Å²) in [6.45, 7) is 5.79. The number of esters is 2. The SMILES string of the molecule is COC(=O)c1cc(C(=O)OCCC=C(C)CCc2ccccc2)c(C)nc1C. The van der Waals surface area contributed by atoms with Crippen LogP contribution in [-0.4, -0.2) is 30.6 Å². The van der Waals surface area contributed by atoms with Crippen LogP contribution in [0, 0.1) is 13.8 Å². The largest absolute Gasteiger partial charge is 0.465 e. The molecule has 0 radical (unpaired) electrons. The molecular weight excluding hydrogens is 354 g/mol. The Kier molecular flexibility index (Phi) is 7.93. The number of nitrogens with zero attached hydrogens (tertiary/aromatic N) is 1. The van der Waals surface area contributed by atoms with Crippen LogP contribution >= 0.6 is 0 Å². The smallest absolute Gasteiger partial charge is 0.340 e. The van der Waals surface area contributed by atoms with Gasteiger partial charge in [0.15, 0.2) is 0 Å². The lowest BCUT2D eigenvalue weighted by Crippen LogP contribution is -2.13. The summed E-state index contributed by atoms with van der Waals surface area (Å²) in [5.41, 5.74) is 4.20. The molecule has 0 unspecified atom stereocenters. The van der Waals surface area contributed by atoms with E-state index in [-0.39, 0.29) is 17.7 Å². The molecule has 0 saturated heterocycles. The van der Waals surface area contributed by atoms with Crippen molar-refractivity contribution in [2.45, 2.75) is 40.0 Å². The van der Waals surface area contributed by atoms with Crippen LogP contribution < -0.4 is 0 Å². The highest BCUT2D eigenvalue weighted by Crippen LogP contribution is 2.15. The third-order valence-electron chi connectivity index (χ3n) is 4.52. The van der Waals surface area contributed by atoms with Gasteiger partial charge < -0.3 is 9.47 Å². The molecule has 0 N–H and O–H groups in total. The van der Waals surface area contributed by atoms with E-state index < -0.39 is 11.9 Å². The second-order valence-corrected chi connectivity index (χ2v) is 6.71. The number of aryl methyl sites for hydroxylation is 3. The molecule has 1 aromatic heterocycles. The number of aromatic nitrogens is 1. The van der Waals surface area contributed by atoms with Gasteiger partial charge in [-0.05, 0) is 51.7 Å². The molecule has 28 heavy (non-hydrogen) atoms. The van der Waals surface area contributed by atoms with E-state index in [0.717, 1.165) is 12.8 Å². The molecule has 0 aliphatic carbocycles. The fourth-order valence-corrected chi connectivity index (χ4v) is 2.87. The monoisotopic (exact) mass is 381 g/mol. The average molecular weight is 381 g/mol. The first-order chi connectivity index (χ1) is 13.4. The Labute approximate surface area is 166 Å². The van der Waals surface area contributed by atoms with Gasteiger partial charge in [-0.3, -0.25) is 4.98 Å². The molecule has 0 fully saturated rings. The fraction of sp³-hybridized carbons (Fsp3) is 0.348. The van der Waals surface area contributed by atoms with Gasteiger partial charge in [-0.2, -0.15) is 0 Å². The minimum atomic E-state index is -0.518. The maximum Gasteiger partial charge on any atom is 0.340 e. The van der Waals surface area contributed by atoms with Gasteiger partial charge in [0.25, 0.3) is 0 Å². The van der Waals surface area contributed by atoms with Crippen LogP contribution in [0.25, 0.3) is 0 Å². The number of hydrogen-bond acceptors (Lipinski definition) is 5. The van der Waals surface area contributed by atoms with E-state index in [4.69, 9.17) is 9.47 Å². The van der Waals surface area contributed by atoms with Crippen LogP contribution in [-0.2, 0) is 15.9 Å². The minimum absolute atomic E-state index is 0.275. The van der Waals surface area contributed by atoms with E-state index in [1.807, 2.05) is 18.2 Å². The van der Waals surface area contributed by atoms with E-state index in [9.17, 15) is 9.59 Å². The van der Waals surface area contributed by atoms with Gasteiger partial charge in [-0.15, -0.1) is 0 Å². The molecule has 0 aliphatic heterocycles. The summed E-state index contributed by atoms with van der Waals surface area (Å²) in [4.78, 5) is 28.4. The average Bonchev–Trinajstić information content (AvgIpc) is 2.69. The van der Waals surface area contributed by atoms with E-state index in [1.165, 1.54) is 24.3 Å². The zero-order chi connectivity index (χ0) is 20.5. The number of ether oxygens (including phenoxy) is 2. The molecule has 0 aliphatic rings. The second-order valence-electron chi connectivity index (χ2n) is 6.71. The Hall–Kier alpha value is -2.95. The number of pyridine rings is 1. The van der Waals surface area contributed by atoms with Crippen LogP contribution in [0.1, 0.15) is 57.4 Å². The van der Waals surface area contributed by atoms with Gasteiger partial charge in [0.2, 0.25) is 0 Å². The number of methoxy groups -OCH3 is 1. The number of hydrogen-bond donors (Lipinski definition) is 0. The molecule has 0 amide bonds. The van der Waals surface area contributed by atoms with Crippen LogP contribution in [0.15, 0.2) is 48.0 Å². The molecule has 148 valence electrons. The molecule has 5 heteroatoms. The normalized spacial score (nSPS) is 11.2. The van der Waals surface area contributed by atoms with Crippen molar-refractivity contribution in [2.75, 3.05) is 13.7 Å². The topological polar surface area (TPSA) is 65.5 Å². The first-order valence-electron chi connectivity index (χ1n) is 9.35. The van der Waals surface area contributed by atoms with E-state index in [0.29, 0.717) is 17.8 Å². The van der Waals surface area contributed by atoms with Crippen LogP contribution in [0.5, 0.6) is 0 Å². The van der Waals surface area contributed by atoms with Crippen LogP contribution in [0.4, 0.5) is 0 Å². The number of carbonyl (C=O) groups excluding carboxylic acids is 2. The minimum Gasteiger partial charge on any atom is -0.465 e. The van der Waals surface area contributed by atoms with Crippen molar-refractivity contribution in [2.24, 2.45) is 0 Å². The van der Waals surface area contributed by atoms with Gasteiger partial charge in [-0.1, -0.05) is 42.0 Å². The zero-order valence-corrected chi connectivity index (χ0v) is 17.0. The number of benzene rings is 1.